The number of aromatic nitrogens is 2. The second-order valence-electron chi connectivity index (χ2n) is 12.6. The maximum atomic E-state index is 15.1. The highest BCUT2D eigenvalue weighted by atomic mass is 19.4. The molecule has 5 rings (SSSR count). The van der Waals surface area contributed by atoms with Gasteiger partial charge in [-0.3, -0.25) is 14.6 Å². The van der Waals surface area contributed by atoms with Crippen LogP contribution in [0.1, 0.15) is 34.8 Å². The highest BCUT2D eigenvalue weighted by Gasteiger charge is 2.40. The minimum Gasteiger partial charge on any atom is -0.467 e. The number of amides is 1. The summed E-state index contributed by atoms with van der Waals surface area (Å²) in [5, 5.41) is 4.11. The molecule has 2 N–H and O–H groups in total. The fourth-order valence-electron chi connectivity index (χ4n) is 6.25. The van der Waals surface area contributed by atoms with E-state index >= 15 is 8.78 Å². The largest absolute Gasteiger partial charge is 0.467 e. The molecule has 0 fully saturated rings. The summed E-state index contributed by atoms with van der Waals surface area (Å²) in [7, 11) is 5.63. The van der Waals surface area contributed by atoms with Gasteiger partial charge in [-0.1, -0.05) is 25.1 Å². The van der Waals surface area contributed by atoms with Crippen LogP contribution in [-0.4, -0.2) is 60.9 Å². The van der Waals surface area contributed by atoms with E-state index in [1.807, 2.05) is 5.32 Å². The van der Waals surface area contributed by atoms with Gasteiger partial charge < -0.3 is 24.8 Å². The van der Waals surface area contributed by atoms with Gasteiger partial charge in [-0.15, -0.1) is 0 Å². The predicted molar refractivity (Wildman–Crippen MR) is 186 cm³/mol. The van der Waals surface area contributed by atoms with Crippen molar-refractivity contribution >= 4 is 45.1 Å². The maximum Gasteiger partial charge on any atom is 0.417 e. The second-order valence-corrected chi connectivity index (χ2v) is 12.6. The Kier molecular flexibility index (Phi) is 10.9. The lowest BCUT2D eigenvalue weighted by Gasteiger charge is -2.22. The minimum atomic E-state index is -5.00. The van der Waals surface area contributed by atoms with E-state index in [4.69, 9.17) is 4.74 Å². The van der Waals surface area contributed by atoms with Gasteiger partial charge >= 0.3 is 18.3 Å². The molecule has 0 saturated heterocycles. The number of nitrogens with zero attached hydrogens (tertiary/aromatic N) is 3. The van der Waals surface area contributed by atoms with Crippen LogP contribution in [-0.2, 0) is 29.2 Å². The van der Waals surface area contributed by atoms with E-state index in [9.17, 15) is 40.7 Å². The molecule has 1 amide bonds. The SMILES string of the molecule is CC[C@@H](Nc1cc(F)c(C(=O)N[C@@H](Cc2ccc(-c3c(C(F)(F)F)c4cc(N(C)C)ccc4n(C)c3=O)c3ncccc23)C(=O)OC)c(F)c1)C(F)(F)F. The summed E-state index contributed by atoms with van der Waals surface area (Å²) in [4.78, 5) is 45.7. The number of rotatable bonds is 10. The van der Waals surface area contributed by atoms with Crippen molar-refractivity contribution < 1.29 is 49.4 Å². The first kappa shape index (κ1) is 39.5. The van der Waals surface area contributed by atoms with Gasteiger partial charge in [0.2, 0.25) is 0 Å². The molecule has 0 aliphatic heterocycles. The molecular weight excluding hydrogens is 730 g/mol. The Hall–Kier alpha value is -5.74. The van der Waals surface area contributed by atoms with Gasteiger partial charge in [0.15, 0.2) is 0 Å². The van der Waals surface area contributed by atoms with E-state index in [1.165, 1.54) is 56.6 Å². The Morgan fingerprint density at radius 2 is 1.63 bits per heavy atom. The monoisotopic (exact) mass is 763 g/mol. The number of hydrogen-bond acceptors (Lipinski definition) is 7. The fourth-order valence-corrected chi connectivity index (χ4v) is 6.25. The third-order valence-electron chi connectivity index (χ3n) is 8.94. The Balaban J connectivity index is 1.58. The minimum absolute atomic E-state index is 0.0393. The zero-order valence-electron chi connectivity index (χ0n) is 29.3. The van der Waals surface area contributed by atoms with Crippen LogP contribution in [0.25, 0.3) is 32.9 Å². The molecule has 0 unspecified atom stereocenters. The lowest BCUT2D eigenvalue weighted by atomic mass is 9.91. The second kappa shape index (κ2) is 14.9. The van der Waals surface area contributed by atoms with E-state index in [0.29, 0.717) is 17.8 Å². The van der Waals surface area contributed by atoms with Gasteiger partial charge in [-0.2, -0.15) is 26.3 Å². The molecule has 5 aromatic rings. The van der Waals surface area contributed by atoms with Crippen molar-refractivity contribution in [1.82, 2.24) is 14.9 Å². The first-order valence-electron chi connectivity index (χ1n) is 16.3. The average Bonchev–Trinajstić information content (AvgIpc) is 3.10. The maximum absolute atomic E-state index is 15.1. The average molecular weight is 764 g/mol. The van der Waals surface area contributed by atoms with Crippen molar-refractivity contribution in [2.45, 2.75) is 44.2 Å². The molecule has 2 atom stereocenters. The highest BCUT2D eigenvalue weighted by Crippen LogP contribution is 2.42. The lowest BCUT2D eigenvalue weighted by molar-refractivity contribution is -0.143. The number of carbonyl (C=O) groups excluding carboxylic acids is 2. The van der Waals surface area contributed by atoms with E-state index in [2.05, 4.69) is 10.3 Å². The van der Waals surface area contributed by atoms with E-state index in [-0.39, 0.29) is 32.9 Å². The zero-order chi connectivity index (χ0) is 39.9. The van der Waals surface area contributed by atoms with E-state index in [0.717, 1.165) is 11.7 Å². The van der Waals surface area contributed by atoms with E-state index in [1.54, 1.807) is 25.1 Å². The van der Waals surface area contributed by atoms with Gasteiger partial charge in [-0.25, -0.2) is 13.6 Å². The molecule has 0 saturated carbocycles. The van der Waals surface area contributed by atoms with Gasteiger partial charge in [0, 0.05) is 61.5 Å². The number of pyridine rings is 2. The third-order valence-corrected chi connectivity index (χ3v) is 8.94. The summed E-state index contributed by atoms with van der Waals surface area (Å²) in [6.45, 7) is 1.21. The molecule has 0 aliphatic rings. The molecule has 54 heavy (non-hydrogen) atoms. The lowest BCUT2D eigenvalue weighted by Crippen LogP contribution is -2.43. The number of methoxy groups -OCH3 is 1. The number of alkyl halides is 6. The molecule has 0 aliphatic carbocycles. The zero-order valence-corrected chi connectivity index (χ0v) is 29.3. The van der Waals surface area contributed by atoms with Crippen molar-refractivity contribution in [2.24, 2.45) is 7.05 Å². The van der Waals surface area contributed by atoms with Crippen LogP contribution in [0.5, 0.6) is 0 Å². The number of anilines is 2. The summed E-state index contributed by atoms with van der Waals surface area (Å²) < 4.78 is 121. The van der Waals surface area contributed by atoms with Crippen molar-refractivity contribution in [3.63, 3.8) is 0 Å². The molecule has 2 aromatic heterocycles. The van der Waals surface area contributed by atoms with Crippen LogP contribution in [0, 0.1) is 11.6 Å². The molecule has 0 radical (unpaired) electrons. The Morgan fingerprint density at radius 3 is 2.20 bits per heavy atom. The smallest absolute Gasteiger partial charge is 0.417 e. The molecule has 2 heterocycles. The summed E-state index contributed by atoms with van der Waals surface area (Å²) in [5.41, 5.74) is -4.11. The summed E-state index contributed by atoms with van der Waals surface area (Å²) >= 11 is 0. The number of fused-ring (bicyclic) bond motifs is 2. The van der Waals surface area contributed by atoms with Crippen molar-refractivity contribution in [1.29, 1.82) is 0 Å². The Labute approximate surface area is 302 Å². The first-order valence-corrected chi connectivity index (χ1v) is 16.3. The van der Waals surface area contributed by atoms with Gasteiger partial charge in [0.05, 0.1) is 29.3 Å². The molecular formula is C37H33F8N5O4. The first-order chi connectivity index (χ1) is 25.3. The van der Waals surface area contributed by atoms with E-state index < -0.39 is 88.7 Å². The molecule has 0 bridgehead atoms. The third kappa shape index (κ3) is 7.66. The number of halogens is 8. The Morgan fingerprint density at radius 1 is 0.963 bits per heavy atom. The number of aryl methyl sites for hydroxylation is 1. The van der Waals surface area contributed by atoms with Crippen molar-refractivity contribution in [2.75, 3.05) is 31.4 Å². The van der Waals surface area contributed by atoms with Gasteiger partial charge in [0.25, 0.3) is 11.5 Å². The van der Waals surface area contributed by atoms with Crippen LogP contribution < -0.4 is 21.1 Å². The quantitative estimate of drug-likeness (QED) is 0.113. The van der Waals surface area contributed by atoms with Crippen LogP contribution in [0.3, 0.4) is 0 Å². The number of hydrogen-bond donors (Lipinski definition) is 2. The number of benzene rings is 3. The Bertz CT molecular complexity index is 2300. The normalized spacial score (nSPS) is 13.1. The highest BCUT2D eigenvalue weighted by molar-refractivity contribution is 6.01. The molecule has 9 nitrogen and oxygen atoms in total. The number of carbonyl (C=O) groups is 2. The van der Waals surface area contributed by atoms with Crippen LogP contribution in [0.4, 0.5) is 46.5 Å². The van der Waals surface area contributed by atoms with Crippen molar-refractivity contribution in [3.05, 3.63) is 99.5 Å². The van der Waals surface area contributed by atoms with Crippen LogP contribution in [0.2, 0.25) is 0 Å². The van der Waals surface area contributed by atoms with Crippen LogP contribution >= 0.6 is 0 Å². The summed E-state index contributed by atoms with van der Waals surface area (Å²) in [6, 6.07) is 7.06. The van der Waals surface area contributed by atoms with Gasteiger partial charge in [-0.05, 0) is 48.4 Å². The fraction of sp³-hybridized carbons (Fsp3) is 0.297. The van der Waals surface area contributed by atoms with Crippen molar-refractivity contribution in [3.8, 4) is 11.1 Å². The number of ether oxygens (including phenoxy) is 1. The molecule has 286 valence electrons. The predicted octanol–water partition coefficient (Wildman–Crippen LogP) is 7.38. The summed E-state index contributed by atoms with van der Waals surface area (Å²) in [6.07, 6.45) is -9.33. The molecule has 0 spiro atoms. The van der Waals surface area contributed by atoms with Gasteiger partial charge in [0.1, 0.15) is 29.3 Å². The molecule has 17 heteroatoms. The topological polar surface area (TPSA) is 106 Å². The van der Waals surface area contributed by atoms with Crippen LogP contribution in [0.15, 0.2) is 65.6 Å². The number of esters is 1. The standard InChI is InChI=1S/C37H33F8N5O4/c1-6-28(36(40,41)42)47-19-15-24(38)30(25(39)16-19)33(51)48-26(35(53)54-5)14-18-9-11-22(32-21(18)8-7-13-46-32)29-31(37(43,44)45)23-17-20(49(2)3)10-12-27(23)50(4)34(29)52/h7-13,15-17,26,28,47H,6,14H2,1-5H3,(H,48,51)/t26-,28+/m0/s1. The molecule has 3 aromatic carbocycles. The number of nitrogens with one attached hydrogen (secondary N) is 2. The summed E-state index contributed by atoms with van der Waals surface area (Å²) in [5.74, 6) is -5.56.